The lowest BCUT2D eigenvalue weighted by atomic mass is 9.94. The maximum atomic E-state index is 13.2. The number of hydrogen-bond donors (Lipinski definition) is 2. The summed E-state index contributed by atoms with van der Waals surface area (Å²) in [7, 11) is 0. The third kappa shape index (κ3) is 8.83. The highest BCUT2D eigenvalue weighted by molar-refractivity contribution is 7.10. The van der Waals surface area contributed by atoms with E-state index >= 15 is 0 Å². The minimum absolute atomic E-state index is 0.0496. The van der Waals surface area contributed by atoms with E-state index < -0.39 is 29.9 Å². The quantitative estimate of drug-likeness (QED) is 0.232. The number of nitrogens with one attached hydrogen (secondary N) is 1. The Labute approximate surface area is 236 Å². The number of unbranched alkanes of at least 4 members (excludes halogenated alkanes) is 3. The van der Waals surface area contributed by atoms with Crippen molar-refractivity contribution in [2.24, 2.45) is 5.41 Å². The lowest BCUT2D eigenvalue weighted by Crippen LogP contribution is -2.37. The summed E-state index contributed by atoms with van der Waals surface area (Å²) in [4.78, 5) is 21.8. The van der Waals surface area contributed by atoms with Crippen LogP contribution >= 0.6 is 11.3 Å². The third-order valence-corrected chi connectivity index (χ3v) is 6.88. The lowest BCUT2D eigenvalue weighted by molar-refractivity contribution is -0.219. The van der Waals surface area contributed by atoms with Crippen LogP contribution in [0.5, 0.6) is 5.88 Å². The number of halogens is 3. The van der Waals surface area contributed by atoms with Crippen LogP contribution in [0.4, 0.5) is 23.8 Å². The van der Waals surface area contributed by atoms with E-state index in [0.29, 0.717) is 18.1 Å². The van der Waals surface area contributed by atoms with Gasteiger partial charge in [0.15, 0.2) is 5.82 Å². The number of amides is 1. The molecule has 1 amide bonds. The Hall–Kier alpha value is -3.35. The van der Waals surface area contributed by atoms with Crippen molar-refractivity contribution in [3.05, 3.63) is 34.8 Å². The minimum atomic E-state index is -4.41. The van der Waals surface area contributed by atoms with Gasteiger partial charge in [0.2, 0.25) is 5.88 Å². The van der Waals surface area contributed by atoms with Gasteiger partial charge in [-0.15, -0.1) is 16.4 Å². The Kier molecular flexibility index (Phi) is 10.0. The summed E-state index contributed by atoms with van der Waals surface area (Å²) in [5.74, 6) is 0.685. The van der Waals surface area contributed by atoms with E-state index in [0.717, 1.165) is 56.4 Å². The molecule has 3 aromatic rings. The van der Waals surface area contributed by atoms with E-state index in [-0.39, 0.29) is 11.7 Å². The maximum absolute atomic E-state index is 13.2. The van der Waals surface area contributed by atoms with Gasteiger partial charge in [0.05, 0.1) is 11.6 Å². The van der Waals surface area contributed by atoms with Crippen LogP contribution in [-0.4, -0.2) is 50.8 Å². The standard InChI is InChI=1S/C27H37F3N6O3S/c1-25(2,3)39-24(37)32-13-9-7-6-8-10-19-18(12-15-40-19)22-23(33-16-20(31)34-22)36-14-11-21(35-36)38-17-26(4,5)27(28,29)30/h11-12,14-16H,6-10,13,17H2,1-5H3,(H2,31,34)(H,32,37). The fourth-order valence-electron chi connectivity index (χ4n) is 3.60. The number of hydrogen-bond acceptors (Lipinski definition) is 8. The van der Waals surface area contributed by atoms with Gasteiger partial charge >= 0.3 is 12.3 Å². The molecule has 3 rings (SSSR count). The number of aryl methyl sites for hydroxylation is 1. The van der Waals surface area contributed by atoms with Crippen molar-refractivity contribution in [3.8, 4) is 23.0 Å². The zero-order valence-electron chi connectivity index (χ0n) is 23.5. The largest absolute Gasteiger partial charge is 0.476 e. The van der Waals surface area contributed by atoms with Gasteiger partial charge in [0.1, 0.15) is 23.7 Å². The van der Waals surface area contributed by atoms with Crippen molar-refractivity contribution >= 4 is 23.2 Å². The molecule has 9 nitrogen and oxygen atoms in total. The summed E-state index contributed by atoms with van der Waals surface area (Å²) < 4.78 is 51.6. The van der Waals surface area contributed by atoms with Crippen LogP contribution in [0, 0.1) is 5.41 Å². The Bertz CT molecular complexity index is 1270. The van der Waals surface area contributed by atoms with Crippen molar-refractivity contribution < 1.29 is 27.4 Å². The first-order valence-electron chi connectivity index (χ1n) is 13.1. The normalized spacial score (nSPS) is 12.4. The Balaban J connectivity index is 1.60. The molecular weight excluding hydrogens is 545 g/mol. The molecule has 3 N–H and O–H groups in total. The molecule has 0 aliphatic carbocycles. The minimum Gasteiger partial charge on any atom is -0.476 e. The van der Waals surface area contributed by atoms with E-state index in [1.54, 1.807) is 17.5 Å². The molecule has 0 radical (unpaired) electrons. The molecule has 0 spiro atoms. The molecule has 220 valence electrons. The molecule has 3 aromatic heterocycles. The second-order valence-corrected chi connectivity index (χ2v) is 12.1. The highest BCUT2D eigenvalue weighted by Crippen LogP contribution is 2.38. The maximum Gasteiger partial charge on any atom is 0.407 e. The van der Waals surface area contributed by atoms with E-state index in [4.69, 9.17) is 15.2 Å². The van der Waals surface area contributed by atoms with Gasteiger partial charge in [-0.05, 0) is 65.3 Å². The highest BCUT2D eigenvalue weighted by Gasteiger charge is 2.48. The smallest absolute Gasteiger partial charge is 0.407 e. The number of alkyl carbamates (subject to hydrolysis) is 1. The summed E-state index contributed by atoms with van der Waals surface area (Å²) in [5.41, 5.74) is 4.82. The van der Waals surface area contributed by atoms with Crippen LogP contribution in [0.25, 0.3) is 17.1 Å². The summed E-state index contributed by atoms with van der Waals surface area (Å²) in [5, 5.41) is 9.02. The first-order valence-corrected chi connectivity index (χ1v) is 14.0. The van der Waals surface area contributed by atoms with Gasteiger partial charge in [-0.25, -0.2) is 19.4 Å². The van der Waals surface area contributed by atoms with Gasteiger partial charge in [-0.2, -0.15) is 13.2 Å². The van der Waals surface area contributed by atoms with Crippen molar-refractivity contribution in [1.82, 2.24) is 25.1 Å². The average Bonchev–Trinajstić information content (AvgIpc) is 3.50. The van der Waals surface area contributed by atoms with E-state index in [1.807, 2.05) is 32.2 Å². The van der Waals surface area contributed by atoms with Crippen LogP contribution in [0.3, 0.4) is 0 Å². The number of ether oxygens (including phenoxy) is 2. The Morgan fingerprint density at radius 3 is 2.52 bits per heavy atom. The molecule has 0 aromatic carbocycles. The van der Waals surface area contributed by atoms with Crippen molar-refractivity contribution in [3.63, 3.8) is 0 Å². The number of carbonyl (C=O) groups excluding carboxylic acids is 1. The zero-order valence-corrected chi connectivity index (χ0v) is 24.3. The molecule has 13 heteroatoms. The van der Waals surface area contributed by atoms with Crippen LogP contribution in [-0.2, 0) is 11.2 Å². The Morgan fingerprint density at radius 1 is 1.10 bits per heavy atom. The monoisotopic (exact) mass is 582 g/mol. The van der Waals surface area contributed by atoms with E-state index in [9.17, 15) is 18.0 Å². The number of anilines is 1. The van der Waals surface area contributed by atoms with Crippen LogP contribution < -0.4 is 15.8 Å². The second kappa shape index (κ2) is 12.9. The fraction of sp³-hybridized carbons (Fsp3) is 0.556. The summed E-state index contributed by atoms with van der Waals surface area (Å²) in [6.07, 6.45) is 2.72. The van der Waals surface area contributed by atoms with Gasteiger partial charge in [-0.3, -0.25) is 0 Å². The molecular formula is C27H37F3N6O3S. The number of aromatic nitrogens is 4. The van der Waals surface area contributed by atoms with Crippen LogP contribution in [0.1, 0.15) is 65.2 Å². The Morgan fingerprint density at radius 2 is 1.82 bits per heavy atom. The number of thiophene rings is 1. The van der Waals surface area contributed by atoms with Crippen molar-refractivity contribution in [2.75, 3.05) is 18.9 Å². The second-order valence-electron chi connectivity index (χ2n) is 11.1. The number of nitrogens with zero attached hydrogens (tertiary/aromatic N) is 4. The molecule has 0 saturated carbocycles. The number of alkyl halides is 3. The molecule has 0 atom stereocenters. The summed E-state index contributed by atoms with van der Waals surface area (Å²) >= 11 is 1.61. The molecule has 0 fully saturated rings. The number of nitrogens with two attached hydrogens (primary N) is 1. The third-order valence-electron chi connectivity index (χ3n) is 5.90. The topological polar surface area (TPSA) is 117 Å². The predicted octanol–water partition coefficient (Wildman–Crippen LogP) is 6.57. The van der Waals surface area contributed by atoms with E-state index in [2.05, 4.69) is 20.4 Å². The summed E-state index contributed by atoms with van der Waals surface area (Å²) in [6.45, 7) is 7.62. The molecule has 0 aliphatic rings. The van der Waals surface area contributed by atoms with Gasteiger partial charge < -0.3 is 20.5 Å². The fourth-order valence-corrected chi connectivity index (χ4v) is 4.52. The van der Waals surface area contributed by atoms with Gasteiger partial charge in [-0.1, -0.05) is 12.8 Å². The molecule has 40 heavy (non-hydrogen) atoms. The zero-order chi connectivity index (χ0) is 29.6. The first-order chi connectivity index (χ1) is 18.7. The average molecular weight is 583 g/mol. The SMILES string of the molecule is CC(C)(C)OC(=O)NCCCCCCc1sccc1-c1nc(N)cnc1-n1ccc(OCC(C)(C)C(F)(F)F)n1. The summed E-state index contributed by atoms with van der Waals surface area (Å²) in [6, 6.07) is 3.44. The number of rotatable bonds is 12. The molecule has 0 aliphatic heterocycles. The molecule has 0 unspecified atom stereocenters. The molecule has 3 heterocycles. The van der Waals surface area contributed by atoms with Crippen LogP contribution in [0.2, 0.25) is 0 Å². The van der Waals surface area contributed by atoms with Gasteiger partial charge in [0, 0.05) is 29.2 Å². The molecule has 0 bridgehead atoms. The lowest BCUT2D eigenvalue weighted by Gasteiger charge is -2.26. The predicted molar refractivity (Wildman–Crippen MR) is 149 cm³/mol. The molecule has 0 saturated heterocycles. The van der Waals surface area contributed by atoms with Crippen molar-refractivity contribution in [1.29, 1.82) is 0 Å². The number of nitrogen functional groups attached to an aromatic ring is 1. The highest BCUT2D eigenvalue weighted by atomic mass is 32.1. The van der Waals surface area contributed by atoms with Crippen LogP contribution in [0.15, 0.2) is 29.9 Å². The van der Waals surface area contributed by atoms with E-state index in [1.165, 1.54) is 16.9 Å². The van der Waals surface area contributed by atoms with Gasteiger partial charge in [0.25, 0.3) is 0 Å². The van der Waals surface area contributed by atoms with Crippen molar-refractivity contribution in [2.45, 2.75) is 78.5 Å². The first kappa shape index (κ1) is 31.2. The number of carbonyl (C=O) groups is 1.